The first-order valence-corrected chi connectivity index (χ1v) is 17.0. The first kappa shape index (κ1) is 36.3. The third-order valence-electron chi connectivity index (χ3n) is 7.65. The number of nitrogens with zero attached hydrogens (tertiary/aromatic N) is 1. The lowest BCUT2D eigenvalue weighted by atomic mass is 9.87. The lowest BCUT2D eigenvalue weighted by molar-refractivity contribution is -0.162. The maximum absolute atomic E-state index is 13.8. The number of aliphatic carboxylic acids is 1. The minimum atomic E-state index is -4.04. The first-order valence-electron chi connectivity index (χ1n) is 15.5. The molecule has 0 unspecified atom stereocenters. The zero-order valence-corrected chi connectivity index (χ0v) is 27.6. The van der Waals surface area contributed by atoms with Gasteiger partial charge < -0.3 is 30.0 Å². The van der Waals surface area contributed by atoms with E-state index in [1.54, 1.807) is 30.3 Å². The van der Waals surface area contributed by atoms with Crippen LogP contribution >= 0.6 is 0 Å². The van der Waals surface area contributed by atoms with Gasteiger partial charge in [-0.3, -0.25) is 4.79 Å². The molecule has 2 aliphatic heterocycles. The van der Waals surface area contributed by atoms with Crippen molar-refractivity contribution < 1.29 is 46.5 Å². The number of piperidine rings is 1. The summed E-state index contributed by atoms with van der Waals surface area (Å²) in [7, 11) is -4.04. The van der Waals surface area contributed by atoms with Gasteiger partial charge in [0, 0.05) is 26.3 Å². The smallest absolute Gasteiger partial charge is 0.410 e. The van der Waals surface area contributed by atoms with Crippen molar-refractivity contribution in [3.05, 3.63) is 95.8 Å². The molecule has 2 fully saturated rings. The van der Waals surface area contributed by atoms with E-state index in [4.69, 9.17) is 9.47 Å². The Morgan fingerprint density at radius 1 is 0.958 bits per heavy atom. The number of hydrogen-bond acceptors (Lipinski definition) is 9. The van der Waals surface area contributed by atoms with Gasteiger partial charge in [-0.25, -0.2) is 22.4 Å². The number of benzene rings is 3. The number of ether oxygens (including phenoxy) is 3. The minimum absolute atomic E-state index is 0.0498. The molecule has 0 spiro atoms. The molecule has 3 N–H and O–H groups in total. The molecule has 5 rings (SSSR count). The minimum Gasteiger partial charge on any atom is -0.480 e. The predicted octanol–water partition coefficient (Wildman–Crippen LogP) is 4.20. The van der Waals surface area contributed by atoms with E-state index in [2.05, 4.69) is 15.4 Å². The lowest BCUT2D eigenvalue weighted by Gasteiger charge is -2.48. The van der Waals surface area contributed by atoms with Crippen LogP contribution in [0.4, 0.5) is 9.18 Å². The van der Waals surface area contributed by atoms with Crippen LogP contribution in [-0.4, -0.2) is 74.4 Å². The molecule has 48 heavy (non-hydrogen) atoms. The summed E-state index contributed by atoms with van der Waals surface area (Å²) in [6, 6.07) is 18.9. The highest BCUT2D eigenvalue weighted by Crippen LogP contribution is 2.40. The van der Waals surface area contributed by atoms with E-state index in [9.17, 15) is 32.3 Å². The fourth-order valence-corrected chi connectivity index (χ4v) is 6.91. The summed E-state index contributed by atoms with van der Waals surface area (Å²) in [5, 5.41) is 15.1. The van der Waals surface area contributed by atoms with Gasteiger partial charge in [-0.05, 0) is 61.3 Å². The number of esters is 1. The zero-order valence-electron chi connectivity index (χ0n) is 26.8. The highest BCUT2D eigenvalue weighted by molar-refractivity contribution is 7.89. The molecule has 0 saturated carbocycles. The van der Waals surface area contributed by atoms with Gasteiger partial charge in [-0.15, -0.1) is 0 Å². The van der Waals surface area contributed by atoms with Gasteiger partial charge >= 0.3 is 18.0 Å². The molecular formula is C34H40FN3O9S. The summed E-state index contributed by atoms with van der Waals surface area (Å²) < 4.78 is 57.9. The summed E-state index contributed by atoms with van der Waals surface area (Å²) in [6.45, 7) is 4.81. The van der Waals surface area contributed by atoms with Crippen molar-refractivity contribution >= 4 is 28.1 Å². The number of nitrogens with one attached hydrogen (secondary N) is 2. The van der Waals surface area contributed by atoms with Crippen molar-refractivity contribution in [2.75, 3.05) is 26.2 Å². The molecule has 2 aliphatic rings. The zero-order chi connectivity index (χ0) is 34.7. The molecule has 1 amide bonds. The Kier molecular flexibility index (Phi) is 12.5. The second kappa shape index (κ2) is 16.5. The first-order chi connectivity index (χ1) is 22.9. The van der Waals surface area contributed by atoms with Crippen LogP contribution in [0.1, 0.15) is 44.2 Å². The van der Waals surface area contributed by atoms with Gasteiger partial charge in [0.15, 0.2) is 5.60 Å². The second-order valence-corrected chi connectivity index (χ2v) is 13.4. The number of carboxylic acid groups (broad SMARTS) is 1. The molecule has 0 aromatic heterocycles. The van der Waals surface area contributed by atoms with E-state index in [0.29, 0.717) is 5.56 Å². The van der Waals surface area contributed by atoms with Crippen LogP contribution in [-0.2, 0) is 41.1 Å². The third-order valence-corrected chi connectivity index (χ3v) is 9.44. The predicted molar refractivity (Wildman–Crippen MR) is 173 cm³/mol. The molecule has 14 heteroatoms. The van der Waals surface area contributed by atoms with Crippen LogP contribution in [0, 0.1) is 5.82 Å². The van der Waals surface area contributed by atoms with Gasteiger partial charge in [0.05, 0.1) is 18.0 Å². The average molecular weight is 686 g/mol. The summed E-state index contributed by atoms with van der Waals surface area (Å²) in [4.78, 5) is 34.8. The molecule has 12 nitrogen and oxygen atoms in total. The Bertz CT molecular complexity index is 1650. The number of carboxylic acids is 1. The molecule has 2 heterocycles. The van der Waals surface area contributed by atoms with Crippen LogP contribution in [0.3, 0.4) is 0 Å². The Morgan fingerprint density at radius 3 is 2.23 bits per heavy atom. The average Bonchev–Trinajstić information content (AvgIpc) is 3.03. The van der Waals surface area contributed by atoms with Crippen LogP contribution in [0.2, 0.25) is 0 Å². The Hall–Kier alpha value is -4.53. The lowest BCUT2D eigenvalue weighted by Crippen LogP contribution is -2.64. The normalized spacial score (nSPS) is 16.9. The molecule has 0 radical (unpaired) electrons. The van der Waals surface area contributed by atoms with E-state index < -0.39 is 51.8 Å². The maximum atomic E-state index is 13.8. The molecule has 258 valence electrons. The Balaban J connectivity index is 0.000000780. The quantitative estimate of drug-likeness (QED) is 0.197. The Labute approximate surface area is 279 Å². The van der Waals surface area contributed by atoms with E-state index in [1.807, 2.05) is 6.07 Å². The molecule has 3 aromatic carbocycles. The van der Waals surface area contributed by atoms with Crippen molar-refractivity contribution in [1.29, 1.82) is 0 Å². The van der Waals surface area contributed by atoms with Crippen LogP contribution < -0.4 is 15.4 Å². The van der Waals surface area contributed by atoms with Gasteiger partial charge in [-0.1, -0.05) is 55.0 Å². The van der Waals surface area contributed by atoms with E-state index in [-0.39, 0.29) is 30.2 Å². The standard InChI is InChI=1S/C29H29FN2O9S.C5H11N/c1-19(33)39-20(2)40-28(36)31-26(27(34)35)15-21-8-6-13-25(14-21)42(37,38)32-17-29(18-32,22-9-4-3-5-10-22)41-24-12-7-11-23(30)16-24;1-2-4-6-5-3-1/h3-14,16,20,26H,15,17-18H2,1-2H3,(H,31,36)(H,34,35);6H,1-5H2/t20-,26-;/m0./s1. The molecule has 2 atom stereocenters. The largest absolute Gasteiger partial charge is 0.480 e. The van der Waals surface area contributed by atoms with Crippen molar-refractivity contribution in [2.24, 2.45) is 0 Å². The van der Waals surface area contributed by atoms with Gasteiger partial charge in [0.25, 0.3) is 0 Å². The topological polar surface area (TPSA) is 161 Å². The third kappa shape index (κ3) is 9.99. The number of carbonyl (C=O) groups excluding carboxylic acids is 2. The van der Waals surface area contributed by atoms with Crippen molar-refractivity contribution in [1.82, 2.24) is 14.9 Å². The van der Waals surface area contributed by atoms with Gasteiger partial charge in [-0.2, -0.15) is 4.31 Å². The van der Waals surface area contributed by atoms with Gasteiger partial charge in [0.1, 0.15) is 17.6 Å². The molecular weight excluding hydrogens is 645 g/mol. The maximum Gasteiger partial charge on any atom is 0.410 e. The van der Waals surface area contributed by atoms with Crippen LogP contribution in [0.5, 0.6) is 5.75 Å². The fourth-order valence-electron chi connectivity index (χ4n) is 5.30. The highest BCUT2D eigenvalue weighted by atomic mass is 32.2. The number of hydrogen-bond donors (Lipinski definition) is 3. The number of rotatable bonds is 11. The van der Waals surface area contributed by atoms with Crippen molar-refractivity contribution in [3.8, 4) is 5.75 Å². The van der Waals surface area contributed by atoms with Crippen molar-refractivity contribution in [3.63, 3.8) is 0 Å². The summed E-state index contributed by atoms with van der Waals surface area (Å²) >= 11 is 0. The summed E-state index contributed by atoms with van der Waals surface area (Å²) in [5.74, 6) is -2.30. The monoisotopic (exact) mass is 685 g/mol. The van der Waals surface area contributed by atoms with E-state index >= 15 is 0 Å². The van der Waals surface area contributed by atoms with Gasteiger partial charge in [0.2, 0.25) is 16.3 Å². The number of amides is 1. The number of halogens is 1. The van der Waals surface area contributed by atoms with Crippen molar-refractivity contribution in [2.45, 2.75) is 62.4 Å². The SMILES string of the molecule is C1CCNCC1.CC(=O)O[C@H](C)OC(=O)N[C@@H](Cc1cccc(S(=O)(=O)N2CC(Oc3cccc(F)c3)(c3ccccc3)C2)c1)C(=O)O. The molecule has 2 saturated heterocycles. The molecule has 0 aliphatic carbocycles. The van der Waals surface area contributed by atoms with Crippen LogP contribution in [0.15, 0.2) is 83.8 Å². The van der Waals surface area contributed by atoms with E-state index in [0.717, 1.165) is 12.5 Å². The second-order valence-electron chi connectivity index (χ2n) is 11.5. The van der Waals surface area contributed by atoms with Crippen LogP contribution in [0.25, 0.3) is 0 Å². The Morgan fingerprint density at radius 2 is 1.65 bits per heavy atom. The highest BCUT2D eigenvalue weighted by Gasteiger charge is 2.52. The molecule has 3 aromatic rings. The van der Waals surface area contributed by atoms with E-state index in [1.165, 1.54) is 86.0 Å². The summed E-state index contributed by atoms with van der Waals surface area (Å²) in [5.41, 5.74) is -0.0100. The molecule has 0 bridgehead atoms. The number of carbonyl (C=O) groups is 3. The number of alkyl carbamates (subject to hydrolysis) is 1. The number of sulfonamides is 1. The fraction of sp³-hybridized carbons (Fsp3) is 0.382. The summed E-state index contributed by atoms with van der Waals surface area (Å²) in [6.07, 6.45) is 1.59.